The molecule has 0 fully saturated rings. The highest BCUT2D eigenvalue weighted by atomic mass is 16.5. The van der Waals surface area contributed by atoms with Crippen molar-refractivity contribution in [3.05, 3.63) is 60.4 Å². The number of hydrogen-bond donors (Lipinski definition) is 2. The SMILES string of the molecule is CN=C(NCCCCOCc1ccccc1)NCCn1cccc1. The molecule has 0 saturated heterocycles. The quantitative estimate of drug-likeness (QED) is 0.400. The zero-order valence-electron chi connectivity index (χ0n) is 14.4. The van der Waals surface area contributed by atoms with Crippen molar-refractivity contribution in [2.45, 2.75) is 26.0 Å². The molecule has 130 valence electrons. The summed E-state index contributed by atoms with van der Waals surface area (Å²) >= 11 is 0. The minimum atomic E-state index is 0.691. The zero-order chi connectivity index (χ0) is 16.9. The molecule has 2 rings (SSSR count). The fraction of sp³-hybridized carbons (Fsp3) is 0.421. The van der Waals surface area contributed by atoms with Gasteiger partial charge >= 0.3 is 0 Å². The number of hydrogen-bond acceptors (Lipinski definition) is 2. The molecular formula is C19H28N4O. The van der Waals surface area contributed by atoms with E-state index in [1.165, 1.54) is 5.56 Å². The van der Waals surface area contributed by atoms with Crippen LogP contribution in [-0.4, -0.2) is 37.3 Å². The van der Waals surface area contributed by atoms with E-state index < -0.39 is 0 Å². The van der Waals surface area contributed by atoms with Crippen LogP contribution in [0.3, 0.4) is 0 Å². The molecule has 0 spiro atoms. The van der Waals surface area contributed by atoms with Crippen molar-refractivity contribution in [1.82, 2.24) is 15.2 Å². The summed E-state index contributed by atoms with van der Waals surface area (Å²) in [7, 11) is 1.80. The molecule has 0 bridgehead atoms. The predicted octanol–water partition coefficient (Wildman–Crippen LogP) is 2.65. The van der Waals surface area contributed by atoms with E-state index in [-0.39, 0.29) is 0 Å². The number of nitrogens with zero attached hydrogens (tertiary/aromatic N) is 2. The Kier molecular flexibility index (Phi) is 8.51. The van der Waals surface area contributed by atoms with Gasteiger partial charge in [-0.1, -0.05) is 30.3 Å². The van der Waals surface area contributed by atoms with Crippen LogP contribution >= 0.6 is 0 Å². The Balaban J connectivity index is 1.46. The first kappa shape index (κ1) is 18.1. The maximum atomic E-state index is 5.68. The van der Waals surface area contributed by atoms with E-state index in [1.54, 1.807) is 7.05 Å². The highest BCUT2D eigenvalue weighted by Gasteiger charge is 1.97. The number of benzene rings is 1. The molecule has 0 unspecified atom stereocenters. The van der Waals surface area contributed by atoms with E-state index in [4.69, 9.17) is 4.74 Å². The summed E-state index contributed by atoms with van der Waals surface area (Å²) in [6, 6.07) is 14.3. The first-order chi connectivity index (χ1) is 11.9. The fourth-order valence-corrected chi connectivity index (χ4v) is 2.34. The molecule has 1 heterocycles. The lowest BCUT2D eigenvalue weighted by molar-refractivity contribution is 0.117. The highest BCUT2D eigenvalue weighted by molar-refractivity contribution is 5.79. The van der Waals surface area contributed by atoms with Crippen LogP contribution in [0.4, 0.5) is 0 Å². The third-order valence-electron chi connectivity index (χ3n) is 3.67. The molecule has 2 N–H and O–H groups in total. The van der Waals surface area contributed by atoms with Crippen molar-refractivity contribution in [3.8, 4) is 0 Å². The van der Waals surface area contributed by atoms with Crippen molar-refractivity contribution in [2.75, 3.05) is 26.7 Å². The van der Waals surface area contributed by atoms with Crippen molar-refractivity contribution in [3.63, 3.8) is 0 Å². The van der Waals surface area contributed by atoms with E-state index in [0.29, 0.717) is 6.61 Å². The minimum absolute atomic E-state index is 0.691. The fourth-order valence-electron chi connectivity index (χ4n) is 2.34. The van der Waals surface area contributed by atoms with Crippen molar-refractivity contribution in [2.24, 2.45) is 4.99 Å². The largest absolute Gasteiger partial charge is 0.377 e. The van der Waals surface area contributed by atoms with Crippen molar-refractivity contribution < 1.29 is 4.74 Å². The molecule has 5 nitrogen and oxygen atoms in total. The van der Waals surface area contributed by atoms with Crippen LogP contribution in [0, 0.1) is 0 Å². The number of ether oxygens (including phenoxy) is 1. The summed E-state index contributed by atoms with van der Waals surface area (Å²) in [5, 5.41) is 6.65. The Hall–Kier alpha value is -2.27. The Morgan fingerprint density at radius 3 is 2.50 bits per heavy atom. The molecule has 0 aliphatic heterocycles. The van der Waals surface area contributed by atoms with Crippen LogP contribution in [0.5, 0.6) is 0 Å². The lowest BCUT2D eigenvalue weighted by Crippen LogP contribution is -2.39. The Bertz CT molecular complexity index is 566. The van der Waals surface area contributed by atoms with Crippen molar-refractivity contribution in [1.29, 1.82) is 0 Å². The Labute approximate surface area is 144 Å². The van der Waals surface area contributed by atoms with Gasteiger partial charge in [0, 0.05) is 45.7 Å². The minimum Gasteiger partial charge on any atom is -0.377 e. The Morgan fingerprint density at radius 2 is 1.75 bits per heavy atom. The molecule has 2 aromatic rings. The lowest BCUT2D eigenvalue weighted by Gasteiger charge is -2.12. The maximum Gasteiger partial charge on any atom is 0.191 e. The van der Waals surface area contributed by atoms with Crippen LogP contribution in [0.2, 0.25) is 0 Å². The number of nitrogens with one attached hydrogen (secondary N) is 2. The summed E-state index contributed by atoms with van der Waals surface area (Å²) in [6.45, 7) is 4.17. The van der Waals surface area contributed by atoms with Gasteiger partial charge in [-0.15, -0.1) is 0 Å². The number of guanidine groups is 1. The van der Waals surface area contributed by atoms with E-state index in [0.717, 1.165) is 45.0 Å². The average Bonchev–Trinajstić information content (AvgIpc) is 3.13. The molecular weight excluding hydrogens is 300 g/mol. The summed E-state index contributed by atoms with van der Waals surface area (Å²) in [4.78, 5) is 4.23. The molecule has 0 atom stereocenters. The van der Waals surface area contributed by atoms with E-state index in [1.807, 2.05) is 30.3 Å². The topological polar surface area (TPSA) is 50.6 Å². The van der Waals surface area contributed by atoms with Crippen LogP contribution < -0.4 is 10.6 Å². The van der Waals surface area contributed by atoms with E-state index >= 15 is 0 Å². The van der Waals surface area contributed by atoms with Gasteiger partial charge < -0.3 is 19.9 Å². The van der Waals surface area contributed by atoms with Crippen LogP contribution in [0.15, 0.2) is 59.9 Å². The van der Waals surface area contributed by atoms with Gasteiger partial charge in [0.1, 0.15) is 0 Å². The maximum absolute atomic E-state index is 5.68. The monoisotopic (exact) mass is 328 g/mol. The second-order valence-corrected chi connectivity index (χ2v) is 5.59. The second kappa shape index (κ2) is 11.3. The van der Waals surface area contributed by atoms with Crippen LogP contribution in [-0.2, 0) is 17.9 Å². The molecule has 0 aliphatic rings. The van der Waals surface area contributed by atoms with E-state index in [2.05, 4.69) is 44.7 Å². The van der Waals surface area contributed by atoms with Gasteiger partial charge in [-0.2, -0.15) is 0 Å². The molecule has 1 aromatic heterocycles. The van der Waals surface area contributed by atoms with Crippen LogP contribution in [0.1, 0.15) is 18.4 Å². The van der Waals surface area contributed by atoms with Gasteiger partial charge in [0.15, 0.2) is 5.96 Å². The van der Waals surface area contributed by atoms with Gasteiger partial charge in [0.05, 0.1) is 6.61 Å². The molecule has 0 radical (unpaired) electrons. The number of rotatable bonds is 10. The normalized spacial score (nSPS) is 11.5. The third-order valence-corrected chi connectivity index (χ3v) is 3.67. The first-order valence-corrected chi connectivity index (χ1v) is 8.55. The smallest absolute Gasteiger partial charge is 0.191 e. The average molecular weight is 328 g/mol. The van der Waals surface area contributed by atoms with Gasteiger partial charge in [-0.05, 0) is 30.5 Å². The number of aromatic nitrogens is 1. The Morgan fingerprint density at radius 1 is 1.00 bits per heavy atom. The predicted molar refractivity (Wildman–Crippen MR) is 99.1 cm³/mol. The molecule has 1 aromatic carbocycles. The van der Waals surface area contributed by atoms with E-state index in [9.17, 15) is 0 Å². The standard InChI is InChI=1S/C19H28N4O/c1-20-19(22-12-15-23-13-6-7-14-23)21-11-5-8-16-24-17-18-9-3-2-4-10-18/h2-4,6-7,9-10,13-14H,5,8,11-12,15-17H2,1H3,(H2,20,21,22). The van der Waals surface area contributed by atoms with Crippen LogP contribution in [0.25, 0.3) is 0 Å². The summed E-state index contributed by atoms with van der Waals surface area (Å²) in [6.07, 6.45) is 6.23. The van der Waals surface area contributed by atoms with Crippen molar-refractivity contribution >= 4 is 5.96 Å². The number of unbranched alkanes of at least 4 members (excludes halogenated alkanes) is 1. The molecule has 24 heavy (non-hydrogen) atoms. The molecule has 0 saturated carbocycles. The van der Waals surface area contributed by atoms with Gasteiger partial charge in [-0.3, -0.25) is 4.99 Å². The molecule has 5 heteroatoms. The van der Waals surface area contributed by atoms with Gasteiger partial charge in [-0.25, -0.2) is 0 Å². The summed E-state index contributed by atoms with van der Waals surface area (Å²) in [5.41, 5.74) is 1.22. The highest BCUT2D eigenvalue weighted by Crippen LogP contribution is 2.01. The third kappa shape index (κ3) is 7.33. The first-order valence-electron chi connectivity index (χ1n) is 8.55. The summed E-state index contributed by atoms with van der Waals surface area (Å²) in [5.74, 6) is 0.854. The van der Waals surface area contributed by atoms with Gasteiger partial charge in [0.2, 0.25) is 0 Å². The lowest BCUT2D eigenvalue weighted by atomic mass is 10.2. The molecule has 0 aliphatic carbocycles. The zero-order valence-corrected chi connectivity index (χ0v) is 14.4. The second-order valence-electron chi connectivity index (χ2n) is 5.59. The number of aliphatic imine (C=N–C) groups is 1. The van der Waals surface area contributed by atoms with Gasteiger partial charge in [0.25, 0.3) is 0 Å². The molecule has 0 amide bonds. The summed E-state index contributed by atoms with van der Waals surface area (Å²) < 4.78 is 7.83.